The number of nitrogens with zero attached hydrogens (tertiary/aromatic N) is 9. The zero-order valence-electron chi connectivity index (χ0n) is 51.9. The Bertz CT molecular complexity index is 4320. The molecule has 0 aliphatic heterocycles. The van der Waals surface area contributed by atoms with Crippen molar-refractivity contribution in [3.8, 4) is 39.1 Å². The van der Waals surface area contributed by atoms with E-state index in [4.69, 9.17) is 60.0 Å². The molecule has 0 amide bonds. The Morgan fingerprint density at radius 1 is 0.596 bits per heavy atom. The van der Waals surface area contributed by atoms with Gasteiger partial charge in [0.25, 0.3) is 5.97 Å². The van der Waals surface area contributed by atoms with Crippen LogP contribution < -0.4 is 21.9 Å². The number of benzene rings is 4. The van der Waals surface area contributed by atoms with Crippen molar-refractivity contribution in [3.05, 3.63) is 228 Å². The molecule has 0 saturated heterocycles. The quantitative estimate of drug-likeness (QED) is 0.0105. The summed E-state index contributed by atoms with van der Waals surface area (Å²) >= 11 is 10.6. The maximum atomic E-state index is 11.6. The maximum Gasteiger partial charge on any atom is 0.569 e. The number of aldehydes is 1. The standard InChI is InChI=1S/C16H13N3O3.C16H15N3O.C12H11N3O2.C7H8BO2.C5H4ClN3O2.C5H7ClO3.C2H4O2.Zn/c1-10-5-3-4-6-12(10)13-7-8-18-14(11(2)20)9-17-16(18)15(13)19(21)22;1-10-5-3-4-6-12(10)13-7-8-19-14(11(2)20)9-18-16(19)15(13)17;1-8-4-2-3-5-9(8)10-6-7-14-12(13)11(10)15(16)17;1-6-4-2-3-5-7(6)10-8-9;6-3-1-2-8-5(7)4(3)9(10)11;1-2-9-5(8)4(6)3-7;1-2(3)4;/h3-9H,1-2H3;3-9H,17H2,1-2H3;2-7H,1H3,(H2,13,14);2-5,9H,1H3;1-2H,(H2,7,8);3-4H,2H2,1H3;1H3,(H,3,4);. The topological polar surface area (TPSA) is 412 Å². The van der Waals surface area contributed by atoms with Crippen LogP contribution in [0, 0.1) is 58.0 Å². The first-order chi connectivity index (χ1) is 44.1. The summed E-state index contributed by atoms with van der Waals surface area (Å²) in [4.78, 5) is 99.1. The van der Waals surface area contributed by atoms with E-state index in [0.717, 1.165) is 51.4 Å². The minimum Gasteiger partial charge on any atom is -0.537 e. The number of carbonyl (C=O) groups is 5. The van der Waals surface area contributed by atoms with Gasteiger partial charge in [-0.05, 0) is 104 Å². The molecular weight excluding hydrogens is 1310 g/mol. The molecule has 6 heterocycles. The molecule has 0 aliphatic carbocycles. The van der Waals surface area contributed by atoms with Crippen LogP contribution in [0.1, 0.15) is 70.9 Å². The van der Waals surface area contributed by atoms with Crippen LogP contribution in [0.2, 0.25) is 5.02 Å². The Labute approximate surface area is 561 Å². The van der Waals surface area contributed by atoms with E-state index < -0.39 is 32.1 Å². The van der Waals surface area contributed by atoms with Crippen LogP contribution in [0.4, 0.5) is 34.4 Å². The average molecular weight is 1370 g/mol. The number of ketones is 2. The number of imidazole rings is 2. The summed E-state index contributed by atoms with van der Waals surface area (Å²) in [6.07, 6.45) is 9.54. The van der Waals surface area contributed by atoms with E-state index in [0.29, 0.717) is 53.6 Å². The molecule has 27 nitrogen and oxygen atoms in total. The summed E-state index contributed by atoms with van der Waals surface area (Å²) in [7, 11) is 0.683. The first-order valence-corrected chi connectivity index (χ1v) is 28.1. The largest absolute Gasteiger partial charge is 0.569 e. The molecule has 483 valence electrons. The number of carboxylic acids is 1. The minimum atomic E-state index is -1.15. The zero-order chi connectivity index (χ0) is 69.2. The number of para-hydroxylation sites is 1. The van der Waals surface area contributed by atoms with Gasteiger partial charge in [-0.2, -0.15) is 0 Å². The van der Waals surface area contributed by atoms with Crippen molar-refractivity contribution >= 4 is 106 Å². The molecule has 31 heteroatoms. The molecule has 10 aromatic rings. The molecule has 0 spiro atoms. The van der Waals surface area contributed by atoms with Crippen molar-refractivity contribution in [1.82, 2.24) is 28.7 Å². The number of ether oxygens (including phenoxy) is 1. The van der Waals surface area contributed by atoms with Gasteiger partial charge in [0.15, 0.2) is 22.6 Å². The van der Waals surface area contributed by atoms with Crippen molar-refractivity contribution in [2.75, 3.05) is 23.8 Å². The van der Waals surface area contributed by atoms with Gasteiger partial charge in [-0.15, -0.1) is 11.6 Å². The summed E-state index contributed by atoms with van der Waals surface area (Å²) in [5, 5.41) is 47.4. The van der Waals surface area contributed by atoms with Gasteiger partial charge in [-0.1, -0.05) is 103 Å². The van der Waals surface area contributed by atoms with Gasteiger partial charge in [0.2, 0.25) is 17.3 Å². The number of carbonyl (C=O) groups excluding carboxylic acids is 4. The number of Topliss-reactive ketones (excluding diaryl/α,β-unsaturated/α-hetero) is 2. The summed E-state index contributed by atoms with van der Waals surface area (Å²) in [6, 6.07) is 37.0. The van der Waals surface area contributed by atoms with Gasteiger partial charge in [0.1, 0.15) is 28.4 Å². The molecule has 10 rings (SSSR count). The SMILES string of the molecule is CC(=O)O.CC(=O)c1cnc2c(N)c(-c3ccccc3C)ccn12.CC(=O)c1cnc2c([N+](=O)[O-])c(-c3ccccc3C)ccn12.CCOC(=O)C(Cl)C=O.Cc1ccccc1-c1ccnc(N)c1[N+](=O)[O-].Cc1ccccc1O[B]O.Nc1nccc(Cl)c1[N+](=O)[O-].[Zn]. The van der Waals surface area contributed by atoms with Crippen molar-refractivity contribution in [1.29, 1.82) is 0 Å². The van der Waals surface area contributed by atoms with Gasteiger partial charge in [-0.25, -0.2) is 24.7 Å². The van der Waals surface area contributed by atoms with E-state index in [-0.39, 0.29) is 77.0 Å². The van der Waals surface area contributed by atoms with Crippen LogP contribution in [0.3, 0.4) is 0 Å². The number of nitrogen functional groups attached to an aromatic ring is 3. The number of nitrogens with two attached hydrogens (primary N) is 3. The van der Waals surface area contributed by atoms with Crippen LogP contribution in [0.25, 0.3) is 44.7 Å². The molecular formula is C63H62BCl2N12O15Zn. The van der Waals surface area contributed by atoms with Gasteiger partial charge in [0, 0.05) is 70.6 Å². The van der Waals surface area contributed by atoms with E-state index in [1.807, 2.05) is 131 Å². The molecule has 0 aliphatic rings. The fourth-order valence-electron chi connectivity index (χ4n) is 8.41. The summed E-state index contributed by atoms with van der Waals surface area (Å²) in [6.45, 7) is 13.7. The Morgan fingerprint density at radius 3 is 1.39 bits per heavy atom. The van der Waals surface area contributed by atoms with Crippen molar-refractivity contribution < 1.29 is 77.7 Å². The van der Waals surface area contributed by atoms with Crippen LogP contribution in [0.5, 0.6) is 5.75 Å². The second-order valence-electron chi connectivity index (χ2n) is 19.1. The van der Waals surface area contributed by atoms with E-state index >= 15 is 0 Å². The average Bonchev–Trinajstić information content (AvgIpc) is 1.53. The minimum absolute atomic E-state index is 0. The third-order valence-corrected chi connectivity index (χ3v) is 13.3. The van der Waals surface area contributed by atoms with Gasteiger partial charge in [-0.3, -0.25) is 53.5 Å². The fourth-order valence-corrected chi connectivity index (χ4v) is 8.70. The van der Waals surface area contributed by atoms with Crippen molar-refractivity contribution in [2.45, 2.75) is 60.8 Å². The molecule has 1 radical (unpaired) electrons. The number of aromatic nitrogens is 6. The second kappa shape index (κ2) is 37.5. The second-order valence-corrected chi connectivity index (χ2v) is 20.0. The number of alkyl halides is 1. The molecule has 94 heavy (non-hydrogen) atoms. The number of fused-ring (bicyclic) bond motifs is 2. The molecule has 0 fully saturated rings. The first kappa shape index (κ1) is 77.4. The summed E-state index contributed by atoms with van der Waals surface area (Å²) in [5.41, 5.74) is 27.3. The number of carboxylic acid groups (broad SMARTS) is 1. The van der Waals surface area contributed by atoms with Crippen LogP contribution >= 0.6 is 23.2 Å². The van der Waals surface area contributed by atoms with Crippen molar-refractivity contribution in [2.24, 2.45) is 0 Å². The molecule has 0 bridgehead atoms. The zero-order valence-corrected chi connectivity index (χ0v) is 56.4. The van der Waals surface area contributed by atoms with Gasteiger partial charge < -0.3 is 41.5 Å². The first-order valence-electron chi connectivity index (χ1n) is 27.3. The third-order valence-electron chi connectivity index (χ3n) is 12.7. The van der Waals surface area contributed by atoms with E-state index in [2.05, 4.69) is 24.7 Å². The summed E-state index contributed by atoms with van der Waals surface area (Å²) < 4.78 is 12.4. The summed E-state index contributed by atoms with van der Waals surface area (Å²) in [5.74, 6) is -1.27. The van der Waals surface area contributed by atoms with Crippen LogP contribution in [-0.2, 0) is 38.6 Å². The Kier molecular flexibility index (Phi) is 30.8. The number of aryl methyl sites for hydroxylation is 4. The molecule has 1 atom stereocenters. The Morgan fingerprint density at radius 2 is 0.989 bits per heavy atom. The number of nitro groups is 3. The number of rotatable bonds is 13. The maximum absolute atomic E-state index is 11.6. The number of hydrogen-bond donors (Lipinski definition) is 5. The number of aliphatic carboxylic acids is 1. The van der Waals surface area contributed by atoms with Crippen LogP contribution in [0.15, 0.2) is 159 Å². The Balaban J connectivity index is 0.000000298. The Hall–Kier alpha value is -10.9. The number of esters is 1. The number of halogens is 2. The van der Waals surface area contributed by atoms with Gasteiger partial charge in [0.05, 0.1) is 50.6 Å². The molecule has 1 unspecified atom stereocenters. The predicted molar refractivity (Wildman–Crippen MR) is 353 cm³/mol. The third kappa shape index (κ3) is 21.1. The predicted octanol–water partition coefficient (Wildman–Crippen LogP) is 11.6. The van der Waals surface area contributed by atoms with Gasteiger partial charge >= 0.3 is 30.7 Å². The molecule has 8 N–H and O–H groups in total. The monoisotopic (exact) mass is 1370 g/mol. The molecule has 4 aromatic carbocycles. The van der Waals surface area contributed by atoms with Crippen molar-refractivity contribution in [3.63, 3.8) is 0 Å². The normalized spacial score (nSPS) is 10.2. The van der Waals surface area contributed by atoms with E-state index in [9.17, 15) is 49.5 Å². The van der Waals surface area contributed by atoms with E-state index in [1.165, 1.54) is 42.9 Å². The molecule has 0 saturated carbocycles. The number of pyridine rings is 4. The van der Waals surface area contributed by atoms with Crippen LogP contribution in [-0.4, -0.2) is 103 Å². The molecule has 6 aromatic heterocycles. The number of hydrogen-bond acceptors (Lipinski definition) is 21. The van der Waals surface area contributed by atoms with E-state index in [1.54, 1.807) is 41.9 Å². The number of anilines is 3. The fraction of sp³-hybridized carbons (Fsp3) is 0.159. The smallest absolute Gasteiger partial charge is 0.537 e.